The molecule has 0 atom stereocenters. The average Bonchev–Trinajstić information content (AvgIpc) is 2.89. The molecule has 0 radical (unpaired) electrons. The lowest BCUT2D eigenvalue weighted by molar-refractivity contribution is 0.682. The summed E-state index contributed by atoms with van der Waals surface area (Å²) in [5.41, 5.74) is 4.20. The molecule has 1 fully saturated rings. The maximum absolute atomic E-state index is 3.54. The predicted molar refractivity (Wildman–Crippen MR) is 54.7 cm³/mol. The maximum atomic E-state index is 3.54. The Labute approximate surface area is 79.9 Å². The molecule has 0 aromatic carbocycles. The van der Waals surface area contributed by atoms with E-state index in [0.29, 0.717) is 0 Å². The second-order valence-electron chi connectivity index (χ2n) is 4.11. The van der Waals surface area contributed by atoms with E-state index in [1.807, 2.05) is 0 Å². The van der Waals surface area contributed by atoms with Gasteiger partial charge in [0, 0.05) is 31.0 Å². The van der Waals surface area contributed by atoms with Crippen LogP contribution in [0.4, 0.5) is 0 Å². The van der Waals surface area contributed by atoms with E-state index in [2.05, 4.69) is 36.8 Å². The maximum Gasteiger partial charge on any atom is 0.0225 e. The van der Waals surface area contributed by atoms with Crippen LogP contribution in [0.5, 0.6) is 0 Å². The monoisotopic (exact) mass is 178 g/mol. The molecule has 0 aliphatic heterocycles. The minimum absolute atomic E-state index is 0.805. The van der Waals surface area contributed by atoms with Gasteiger partial charge in [-0.1, -0.05) is 0 Å². The summed E-state index contributed by atoms with van der Waals surface area (Å²) in [5.74, 6) is 0. The summed E-state index contributed by atoms with van der Waals surface area (Å²) in [5, 5.41) is 3.54. The third-order valence-electron chi connectivity index (χ3n) is 3.04. The van der Waals surface area contributed by atoms with Crippen molar-refractivity contribution in [2.24, 2.45) is 7.05 Å². The lowest BCUT2D eigenvalue weighted by atomic mass is 10.2. The number of hydrogen-bond acceptors (Lipinski definition) is 1. The first-order valence-electron chi connectivity index (χ1n) is 5.03. The molecule has 72 valence electrons. The SMILES string of the molecule is Cc1cc(CNC2CC2)c(C)n1C. The highest BCUT2D eigenvalue weighted by molar-refractivity contribution is 5.26. The van der Waals surface area contributed by atoms with E-state index in [9.17, 15) is 0 Å². The van der Waals surface area contributed by atoms with Crippen molar-refractivity contribution in [1.29, 1.82) is 0 Å². The lowest BCUT2D eigenvalue weighted by Crippen LogP contribution is -2.15. The van der Waals surface area contributed by atoms with E-state index in [4.69, 9.17) is 0 Å². The van der Waals surface area contributed by atoms with Gasteiger partial charge in [0.15, 0.2) is 0 Å². The van der Waals surface area contributed by atoms with E-state index in [-0.39, 0.29) is 0 Å². The fraction of sp³-hybridized carbons (Fsp3) is 0.636. The molecule has 2 heteroatoms. The van der Waals surface area contributed by atoms with Crippen LogP contribution < -0.4 is 5.32 Å². The molecule has 2 rings (SSSR count). The van der Waals surface area contributed by atoms with Crippen molar-refractivity contribution in [1.82, 2.24) is 9.88 Å². The number of hydrogen-bond donors (Lipinski definition) is 1. The Hall–Kier alpha value is -0.760. The Morgan fingerprint density at radius 2 is 2.15 bits per heavy atom. The second kappa shape index (κ2) is 3.18. The number of rotatable bonds is 3. The first kappa shape index (κ1) is 8.82. The van der Waals surface area contributed by atoms with Gasteiger partial charge in [0.25, 0.3) is 0 Å². The molecule has 1 N–H and O–H groups in total. The number of aryl methyl sites for hydroxylation is 1. The number of nitrogens with one attached hydrogen (secondary N) is 1. The molecule has 0 bridgehead atoms. The molecule has 0 spiro atoms. The van der Waals surface area contributed by atoms with Crippen LogP contribution in [0.2, 0.25) is 0 Å². The van der Waals surface area contributed by atoms with Crippen molar-refractivity contribution in [2.75, 3.05) is 0 Å². The minimum Gasteiger partial charge on any atom is -0.352 e. The van der Waals surface area contributed by atoms with Crippen molar-refractivity contribution in [3.63, 3.8) is 0 Å². The van der Waals surface area contributed by atoms with Crippen LogP contribution in [-0.4, -0.2) is 10.6 Å². The summed E-state index contributed by atoms with van der Waals surface area (Å²) in [6, 6.07) is 3.09. The van der Waals surface area contributed by atoms with Gasteiger partial charge in [0.2, 0.25) is 0 Å². The van der Waals surface area contributed by atoms with Crippen molar-refractivity contribution >= 4 is 0 Å². The van der Waals surface area contributed by atoms with Gasteiger partial charge in [-0.25, -0.2) is 0 Å². The fourth-order valence-corrected chi connectivity index (χ4v) is 1.65. The molecule has 13 heavy (non-hydrogen) atoms. The van der Waals surface area contributed by atoms with Crippen LogP contribution >= 0.6 is 0 Å². The third-order valence-corrected chi connectivity index (χ3v) is 3.04. The molecule has 1 aliphatic carbocycles. The second-order valence-corrected chi connectivity index (χ2v) is 4.11. The largest absolute Gasteiger partial charge is 0.352 e. The van der Waals surface area contributed by atoms with Gasteiger partial charge in [0.05, 0.1) is 0 Å². The molecule has 1 aromatic rings. The summed E-state index contributed by atoms with van der Waals surface area (Å²) in [4.78, 5) is 0. The molecule has 1 heterocycles. The standard InChI is InChI=1S/C11H18N2/c1-8-6-10(9(2)13(8)3)7-12-11-4-5-11/h6,11-12H,4-5,7H2,1-3H3. The zero-order valence-corrected chi connectivity index (χ0v) is 8.72. The average molecular weight is 178 g/mol. The summed E-state index contributed by atoms with van der Waals surface area (Å²) in [6.45, 7) is 5.39. The molecule has 0 amide bonds. The minimum atomic E-state index is 0.805. The molecule has 1 saturated carbocycles. The number of aromatic nitrogens is 1. The molecule has 0 saturated heterocycles. The zero-order chi connectivity index (χ0) is 9.42. The molecular weight excluding hydrogens is 160 g/mol. The molecule has 2 nitrogen and oxygen atoms in total. The summed E-state index contributed by atoms with van der Waals surface area (Å²) >= 11 is 0. The number of nitrogens with zero attached hydrogens (tertiary/aromatic N) is 1. The Kier molecular flexibility index (Phi) is 2.16. The van der Waals surface area contributed by atoms with Crippen LogP contribution in [-0.2, 0) is 13.6 Å². The van der Waals surface area contributed by atoms with Crippen molar-refractivity contribution in [2.45, 2.75) is 39.3 Å². The highest BCUT2D eigenvalue weighted by Gasteiger charge is 2.20. The van der Waals surface area contributed by atoms with Gasteiger partial charge in [-0.3, -0.25) is 0 Å². The first-order valence-corrected chi connectivity index (χ1v) is 5.03. The fourth-order valence-electron chi connectivity index (χ4n) is 1.65. The Morgan fingerprint density at radius 3 is 2.62 bits per heavy atom. The van der Waals surface area contributed by atoms with E-state index in [0.717, 1.165) is 12.6 Å². The predicted octanol–water partition coefficient (Wildman–Crippen LogP) is 1.89. The van der Waals surface area contributed by atoms with Gasteiger partial charge < -0.3 is 9.88 Å². The smallest absolute Gasteiger partial charge is 0.0225 e. The molecule has 0 unspecified atom stereocenters. The lowest BCUT2D eigenvalue weighted by Gasteiger charge is -2.03. The van der Waals surface area contributed by atoms with Crippen molar-refractivity contribution in [3.8, 4) is 0 Å². The van der Waals surface area contributed by atoms with Crippen LogP contribution in [0.3, 0.4) is 0 Å². The van der Waals surface area contributed by atoms with Crippen molar-refractivity contribution < 1.29 is 0 Å². The molecular formula is C11H18N2. The van der Waals surface area contributed by atoms with E-state index in [1.165, 1.54) is 29.8 Å². The summed E-state index contributed by atoms with van der Waals surface area (Å²) in [6.07, 6.45) is 2.73. The van der Waals surface area contributed by atoms with Gasteiger partial charge in [0.1, 0.15) is 0 Å². The van der Waals surface area contributed by atoms with Crippen LogP contribution in [0.1, 0.15) is 29.8 Å². The zero-order valence-electron chi connectivity index (χ0n) is 8.72. The summed E-state index contributed by atoms with van der Waals surface area (Å²) in [7, 11) is 2.13. The van der Waals surface area contributed by atoms with Gasteiger partial charge in [-0.15, -0.1) is 0 Å². The van der Waals surface area contributed by atoms with Crippen molar-refractivity contribution in [3.05, 3.63) is 23.0 Å². The first-order chi connectivity index (χ1) is 6.18. The van der Waals surface area contributed by atoms with E-state index < -0.39 is 0 Å². The molecule has 1 aliphatic rings. The van der Waals surface area contributed by atoms with E-state index in [1.54, 1.807) is 0 Å². The normalized spacial score (nSPS) is 16.5. The highest BCUT2D eigenvalue weighted by Crippen LogP contribution is 2.20. The Bertz CT molecular complexity index is 308. The third kappa shape index (κ3) is 1.78. The summed E-state index contributed by atoms with van der Waals surface area (Å²) < 4.78 is 2.25. The quantitative estimate of drug-likeness (QED) is 0.748. The topological polar surface area (TPSA) is 17.0 Å². The Balaban J connectivity index is 2.05. The van der Waals surface area contributed by atoms with Gasteiger partial charge in [-0.05, 0) is 38.3 Å². The Morgan fingerprint density at radius 1 is 1.46 bits per heavy atom. The van der Waals surface area contributed by atoms with Crippen LogP contribution in [0.15, 0.2) is 6.07 Å². The highest BCUT2D eigenvalue weighted by atomic mass is 15.0. The van der Waals surface area contributed by atoms with E-state index >= 15 is 0 Å². The van der Waals surface area contributed by atoms with Crippen LogP contribution in [0, 0.1) is 13.8 Å². The van der Waals surface area contributed by atoms with Gasteiger partial charge in [-0.2, -0.15) is 0 Å². The molecule has 1 aromatic heterocycles. The van der Waals surface area contributed by atoms with Gasteiger partial charge >= 0.3 is 0 Å². The van der Waals surface area contributed by atoms with Crippen LogP contribution in [0.25, 0.3) is 0 Å².